The summed E-state index contributed by atoms with van der Waals surface area (Å²) in [7, 11) is -1.90. The third kappa shape index (κ3) is 3.60. The highest BCUT2D eigenvalue weighted by molar-refractivity contribution is 7.92. The van der Waals surface area contributed by atoms with Gasteiger partial charge in [0.2, 0.25) is 10.0 Å². The molecule has 0 bridgehead atoms. The molecule has 29 heavy (non-hydrogen) atoms. The third-order valence-corrected chi connectivity index (χ3v) is 6.88. The number of sulfonamides is 1. The van der Waals surface area contributed by atoms with Crippen molar-refractivity contribution in [2.24, 2.45) is 7.05 Å². The highest BCUT2D eigenvalue weighted by Gasteiger charge is 2.35. The third-order valence-electron chi connectivity index (χ3n) is 4.74. The van der Waals surface area contributed by atoms with E-state index in [1.165, 1.54) is 4.31 Å². The Morgan fingerprint density at radius 2 is 2.00 bits per heavy atom. The summed E-state index contributed by atoms with van der Waals surface area (Å²) in [6.07, 6.45) is 0.0894. The predicted octanol–water partition coefficient (Wildman–Crippen LogP) is 2.07. The first kappa shape index (κ1) is 19.5. The average Bonchev–Trinajstić information content (AvgIpc) is 2.93. The minimum absolute atomic E-state index is 0.0881. The second kappa shape index (κ2) is 6.89. The van der Waals surface area contributed by atoms with E-state index in [1.54, 1.807) is 48.0 Å². The van der Waals surface area contributed by atoms with Crippen molar-refractivity contribution in [3.8, 4) is 5.75 Å². The molecule has 3 aromatic rings. The number of carbonyl (C=O) groups excluding carboxylic acids is 1. The highest BCUT2D eigenvalue weighted by atomic mass is 32.2. The number of aromatic nitrogens is 1. The van der Waals surface area contributed by atoms with Crippen LogP contribution < -0.4 is 19.2 Å². The summed E-state index contributed by atoms with van der Waals surface area (Å²) < 4.78 is 33.8. The zero-order chi connectivity index (χ0) is 20.9. The minimum atomic E-state index is -3.58. The molecule has 2 heterocycles. The maximum atomic E-state index is 12.8. The van der Waals surface area contributed by atoms with Crippen LogP contribution in [-0.2, 0) is 21.9 Å². The fourth-order valence-electron chi connectivity index (χ4n) is 3.25. The summed E-state index contributed by atoms with van der Waals surface area (Å²) in [4.78, 5) is 24.5. The molecule has 1 N–H and O–H groups in total. The van der Waals surface area contributed by atoms with Gasteiger partial charge in [-0.15, -0.1) is 0 Å². The Morgan fingerprint density at radius 3 is 2.72 bits per heavy atom. The molecule has 1 atom stereocenters. The van der Waals surface area contributed by atoms with Crippen molar-refractivity contribution in [2.75, 3.05) is 22.4 Å². The van der Waals surface area contributed by atoms with Gasteiger partial charge in [-0.2, -0.15) is 0 Å². The number of nitrogens with one attached hydrogen (secondary N) is 1. The van der Waals surface area contributed by atoms with Crippen molar-refractivity contribution in [3.63, 3.8) is 0 Å². The van der Waals surface area contributed by atoms with Crippen LogP contribution in [0.1, 0.15) is 5.56 Å². The van der Waals surface area contributed by atoms with Crippen molar-refractivity contribution in [2.45, 2.75) is 13.0 Å². The minimum Gasteiger partial charge on any atom is -0.476 e. The summed E-state index contributed by atoms with van der Waals surface area (Å²) in [6.45, 7) is 1.74. The molecule has 1 aliphatic rings. The lowest BCUT2D eigenvalue weighted by Crippen LogP contribution is -2.48. The van der Waals surface area contributed by atoms with Crippen molar-refractivity contribution in [1.82, 2.24) is 4.57 Å². The molecule has 0 unspecified atom stereocenters. The van der Waals surface area contributed by atoms with Gasteiger partial charge in [-0.25, -0.2) is 8.42 Å². The molecule has 0 aliphatic carbocycles. The van der Waals surface area contributed by atoms with E-state index in [0.717, 1.165) is 33.4 Å². The second-order valence-corrected chi connectivity index (χ2v) is 9.87. The van der Waals surface area contributed by atoms with Crippen LogP contribution in [0.4, 0.5) is 11.4 Å². The summed E-state index contributed by atoms with van der Waals surface area (Å²) >= 11 is 1.09. The number of anilines is 2. The molecule has 2 aromatic carbocycles. The Balaban J connectivity index is 1.63. The number of thiazole rings is 1. The number of benzene rings is 2. The molecule has 10 heteroatoms. The molecular formula is C19H19N3O5S2. The molecular weight excluding hydrogens is 414 g/mol. The van der Waals surface area contributed by atoms with Crippen LogP contribution in [0.25, 0.3) is 10.2 Å². The number of hydrogen-bond acceptors (Lipinski definition) is 6. The number of hydrogen-bond donors (Lipinski definition) is 1. The molecule has 0 fully saturated rings. The van der Waals surface area contributed by atoms with Crippen molar-refractivity contribution in [1.29, 1.82) is 0 Å². The number of amides is 1. The molecule has 0 saturated carbocycles. The molecule has 1 aliphatic heterocycles. The molecule has 8 nitrogen and oxygen atoms in total. The van der Waals surface area contributed by atoms with E-state index in [-0.39, 0.29) is 11.4 Å². The van der Waals surface area contributed by atoms with Crippen molar-refractivity contribution in [3.05, 3.63) is 51.6 Å². The van der Waals surface area contributed by atoms with Crippen LogP contribution in [-0.4, -0.2) is 37.8 Å². The lowest BCUT2D eigenvalue weighted by molar-refractivity contribution is -0.122. The van der Waals surface area contributed by atoms with Crippen LogP contribution in [0, 0.1) is 6.92 Å². The Labute approximate surface area is 171 Å². The maximum Gasteiger partial charge on any atom is 0.307 e. The molecule has 4 rings (SSSR count). The summed E-state index contributed by atoms with van der Waals surface area (Å²) in [5.74, 6) is -0.119. The fraction of sp³-hybridized carbons (Fsp3) is 0.263. The lowest BCUT2D eigenvalue weighted by atomic mass is 10.1. The van der Waals surface area contributed by atoms with Gasteiger partial charge in [0.05, 0.1) is 28.7 Å². The van der Waals surface area contributed by atoms with E-state index < -0.39 is 22.0 Å². The van der Waals surface area contributed by atoms with E-state index >= 15 is 0 Å². The van der Waals surface area contributed by atoms with Crippen LogP contribution in [0.5, 0.6) is 5.75 Å². The SMILES string of the molecule is Cc1ccc2c(c1)O[C@@H](C(=O)Nc1ccc3c(c1)sc(=O)n3C)CN2S(C)(=O)=O. The lowest BCUT2D eigenvalue weighted by Gasteiger charge is -2.34. The van der Waals surface area contributed by atoms with Gasteiger partial charge in [0.15, 0.2) is 6.10 Å². The van der Waals surface area contributed by atoms with Crippen LogP contribution >= 0.6 is 11.3 Å². The number of nitrogens with zero attached hydrogens (tertiary/aromatic N) is 2. The van der Waals surface area contributed by atoms with Crippen LogP contribution in [0.15, 0.2) is 41.2 Å². The Morgan fingerprint density at radius 1 is 1.24 bits per heavy atom. The number of aryl methyl sites for hydroxylation is 2. The number of carbonyl (C=O) groups is 1. The van der Waals surface area contributed by atoms with Crippen LogP contribution in [0.2, 0.25) is 0 Å². The molecule has 0 radical (unpaired) electrons. The zero-order valence-corrected chi connectivity index (χ0v) is 17.6. The normalized spacial score (nSPS) is 16.4. The van der Waals surface area contributed by atoms with E-state index in [4.69, 9.17) is 4.74 Å². The smallest absolute Gasteiger partial charge is 0.307 e. The topological polar surface area (TPSA) is 97.7 Å². The highest BCUT2D eigenvalue weighted by Crippen LogP contribution is 2.36. The first-order chi connectivity index (χ1) is 13.6. The first-order valence-corrected chi connectivity index (χ1v) is 11.5. The van der Waals surface area contributed by atoms with E-state index in [2.05, 4.69) is 5.32 Å². The second-order valence-electron chi connectivity index (χ2n) is 6.97. The van der Waals surface area contributed by atoms with Gasteiger partial charge >= 0.3 is 4.87 Å². The van der Waals surface area contributed by atoms with Crippen molar-refractivity contribution >= 4 is 48.9 Å². The molecule has 1 amide bonds. The summed E-state index contributed by atoms with van der Waals surface area (Å²) in [6, 6.07) is 10.3. The number of rotatable bonds is 3. The first-order valence-electron chi connectivity index (χ1n) is 8.79. The monoisotopic (exact) mass is 433 g/mol. The number of ether oxygens (including phenoxy) is 1. The van der Waals surface area contributed by atoms with Crippen molar-refractivity contribution < 1.29 is 17.9 Å². The maximum absolute atomic E-state index is 12.8. The molecule has 152 valence electrons. The number of fused-ring (bicyclic) bond motifs is 2. The largest absolute Gasteiger partial charge is 0.476 e. The molecule has 0 spiro atoms. The summed E-state index contributed by atoms with van der Waals surface area (Å²) in [5.41, 5.74) is 2.59. The molecule has 1 aromatic heterocycles. The predicted molar refractivity (Wildman–Crippen MR) is 113 cm³/mol. The van der Waals surface area contributed by atoms with Gasteiger partial charge in [-0.1, -0.05) is 17.4 Å². The van der Waals surface area contributed by atoms with E-state index in [1.807, 2.05) is 6.92 Å². The quantitative estimate of drug-likeness (QED) is 0.682. The van der Waals surface area contributed by atoms with E-state index in [9.17, 15) is 18.0 Å². The average molecular weight is 434 g/mol. The van der Waals surface area contributed by atoms with Gasteiger partial charge in [0.25, 0.3) is 5.91 Å². The van der Waals surface area contributed by atoms with Gasteiger partial charge in [0.1, 0.15) is 5.75 Å². The van der Waals surface area contributed by atoms with Crippen LogP contribution in [0.3, 0.4) is 0 Å². The molecule has 0 saturated heterocycles. The Hall–Kier alpha value is -2.85. The standard InChI is InChI=1S/C19H19N3O5S2/c1-11-4-6-13-15(8-11)27-16(10-22(13)29(3,25)26)18(23)20-12-5-7-14-17(9-12)28-19(24)21(14)2/h4-9,16H,10H2,1-3H3,(H,20,23)/t16-/m1/s1. The Kier molecular flexibility index (Phi) is 4.62. The Bertz CT molecular complexity index is 1290. The van der Waals surface area contributed by atoms with Gasteiger partial charge in [-0.3, -0.25) is 13.9 Å². The zero-order valence-electron chi connectivity index (χ0n) is 16.0. The fourth-order valence-corrected chi connectivity index (χ4v) is 5.08. The summed E-state index contributed by atoms with van der Waals surface area (Å²) in [5, 5.41) is 2.76. The van der Waals surface area contributed by atoms with E-state index in [0.29, 0.717) is 17.1 Å². The van der Waals surface area contributed by atoms with Gasteiger partial charge in [0, 0.05) is 12.7 Å². The van der Waals surface area contributed by atoms with Gasteiger partial charge in [-0.05, 0) is 42.8 Å². The van der Waals surface area contributed by atoms with Gasteiger partial charge < -0.3 is 14.6 Å².